The molecule has 2 fully saturated rings. The van der Waals surface area contributed by atoms with Gasteiger partial charge in [0.1, 0.15) is 23.3 Å². The predicted molar refractivity (Wildman–Crippen MR) is 166 cm³/mol. The maximum atomic E-state index is 12.7. The molecule has 0 aliphatic carbocycles. The molecule has 3 aliphatic heterocycles. The first kappa shape index (κ1) is 28.4. The van der Waals surface area contributed by atoms with Crippen molar-refractivity contribution in [3.8, 4) is 6.07 Å². The molecule has 10 heteroatoms. The molecule has 2 saturated heterocycles. The monoisotopic (exact) mass is 588 g/mol. The maximum Gasteiger partial charge on any atom is 0.410 e. The van der Waals surface area contributed by atoms with Gasteiger partial charge in [-0.15, -0.1) is 0 Å². The van der Waals surface area contributed by atoms with Gasteiger partial charge in [0.2, 0.25) is 0 Å². The molecule has 2 aromatic carbocycles. The molecule has 3 aromatic rings. The van der Waals surface area contributed by atoms with E-state index in [0.29, 0.717) is 64.6 Å². The van der Waals surface area contributed by atoms with Gasteiger partial charge in [0.05, 0.1) is 23.8 Å². The fourth-order valence-corrected chi connectivity index (χ4v) is 6.43. The van der Waals surface area contributed by atoms with Crippen LogP contribution in [0.4, 0.5) is 22.1 Å². The van der Waals surface area contributed by atoms with Gasteiger partial charge in [-0.3, -0.25) is 0 Å². The zero-order valence-electron chi connectivity index (χ0n) is 24.5. The molecule has 0 spiro atoms. The molecule has 3 aliphatic rings. The maximum absolute atomic E-state index is 12.7. The standard InChI is InChI=1S/C32H37ClN6O3/c1-32(2,3)42-31(40)38-14-12-36(13-15-38)29-23-10-11-39(27-9-5-7-22-6-4-8-26(33)28(22)27)21-25(23)24(20-34)30(35-29)37-16-18-41-19-17-37/h4-9H,10-19,21H2,1-3H3. The third-order valence-electron chi connectivity index (χ3n) is 8.18. The lowest BCUT2D eigenvalue weighted by molar-refractivity contribution is 0.0240. The van der Waals surface area contributed by atoms with Gasteiger partial charge >= 0.3 is 6.09 Å². The first-order chi connectivity index (χ1) is 20.2. The van der Waals surface area contributed by atoms with E-state index < -0.39 is 5.60 Å². The fourth-order valence-electron chi connectivity index (χ4n) is 6.15. The van der Waals surface area contributed by atoms with Crippen LogP contribution >= 0.6 is 11.6 Å². The molecular weight excluding hydrogens is 552 g/mol. The summed E-state index contributed by atoms with van der Waals surface area (Å²) in [7, 11) is 0. The molecule has 0 N–H and O–H groups in total. The molecule has 4 heterocycles. The minimum atomic E-state index is -0.533. The van der Waals surface area contributed by atoms with Crippen LogP contribution < -0.4 is 14.7 Å². The second-order valence-electron chi connectivity index (χ2n) is 12.0. The van der Waals surface area contributed by atoms with Crippen LogP contribution in [0.25, 0.3) is 10.8 Å². The summed E-state index contributed by atoms with van der Waals surface area (Å²) in [5.41, 5.74) is 3.32. The average Bonchev–Trinajstić information content (AvgIpc) is 2.99. The van der Waals surface area contributed by atoms with E-state index in [9.17, 15) is 10.1 Å². The van der Waals surface area contributed by atoms with Gasteiger partial charge in [-0.05, 0) is 50.3 Å². The molecule has 220 valence electrons. The molecule has 6 rings (SSSR count). The molecule has 9 nitrogen and oxygen atoms in total. The highest BCUT2D eigenvalue weighted by Gasteiger charge is 2.33. The topological polar surface area (TPSA) is 85.2 Å². The van der Waals surface area contributed by atoms with E-state index >= 15 is 0 Å². The summed E-state index contributed by atoms with van der Waals surface area (Å²) >= 11 is 6.71. The van der Waals surface area contributed by atoms with Crippen molar-refractivity contribution in [2.75, 3.05) is 73.7 Å². The summed E-state index contributed by atoms with van der Waals surface area (Å²) < 4.78 is 11.2. The number of nitrogens with zero attached hydrogens (tertiary/aromatic N) is 6. The minimum Gasteiger partial charge on any atom is -0.444 e. The van der Waals surface area contributed by atoms with Crippen LogP contribution in [-0.4, -0.2) is 80.6 Å². The zero-order valence-corrected chi connectivity index (χ0v) is 25.3. The predicted octanol–water partition coefficient (Wildman–Crippen LogP) is 5.22. The molecular formula is C32H37ClN6O3. The number of piperazine rings is 1. The quantitative estimate of drug-likeness (QED) is 0.412. The normalized spacial score (nSPS) is 17.7. The Balaban J connectivity index is 1.37. The van der Waals surface area contributed by atoms with Crippen molar-refractivity contribution in [3.63, 3.8) is 0 Å². The first-order valence-corrected chi connectivity index (χ1v) is 15.0. The highest BCUT2D eigenvalue weighted by Crippen LogP contribution is 2.40. The van der Waals surface area contributed by atoms with Crippen LogP contribution in [0.15, 0.2) is 36.4 Å². The van der Waals surface area contributed by atoms with Crippen molar-refractivity contribution in [3.05, 3.63) is 58.1 Å². The van der Waals surface area contributed by atoms with Crippen LogP contribution in [0.5, 0.6) is 0 Å². The van der Waals surface area contributed by atoms with Crippen molar-refractivity contribution in [2.45, 2.75) is 39.3 Å². The van der Waals surface area contributed by atoms with Crippen LogP contribution in [0, 0.1) is 11.3 Å². The highest BCUT2D eigenvalue weighted by atomic mass is 35.5. The summed E-state index contributed by atoms with van der Waals surface area (Å²) in [5.74, 6) is 1.65. The number of aromatic nitrogens is 1. The molecule has 1 amide bonds. The summed E-state index contributed by atoms with van der Waals surface area (Å²) in [6.07, 6.45) is 0.471. The van der Waals surface area contributed by atoms with E-state index in [2.05, 4.69) is 45.0 Å². The number of carbonyl (C=O) groups is 1. The lowest BCUT2D eigenvalue weighted by Crippen LogP contribution is -2.51. The van der Waals surface area contributed by atoms with Gasteiger partial charge < -0.3 is 29.1 Å². The fraction of sp³-hybridized carbons (Fsp3) is 0.469. The van der Waals surface area contributed by atoms with Crippen LogP contribution in [0.3, 0.4) is 0 Å². The van der Waals surface area contributed by atoms with Gasteiger partial charge in [0, 0.05) is 69.0 Å². The summed E-state index contributed by atoms with van der Waals surface area (Å²) in [5, 5.41) is 13.4. The first-order valence-electron chi connectivity index (χ1n) is 14.7. The van der Waals surface area contributed by atoms with E-state index in [1.54, 1.807) is 4.90 Å². The summed E-state index contributed by atoms with van der Waals surface area (Å²) in [4.78, 5) is 26.5. The van der Waals surface area contributed by atoms with Gasteiger partial charge in [-0.25, -0.2) is 9.78 Å². The van der Waals surface area contributed by atoms with E-state index in [4.69, 9.17) is 26.1 Å². The third kappa shape index (κ3) is 5.53. The van der Waals surface area contributed by atoms with Crippen molar-refractivity contribution in [1.82, 2.24) is 9.88 Å². The number of halogens is 1. The van der Waals surface area contributed by atoms with Crippen LogP contribution in [0.1, 0.15) is 37.5 Å². The minimum absolute atomic E-state index is 0.282. The Kier molecular flexibility index (Phi) is 7.77. The number of benzene rings is 2. The molecule has 0 atom stereocenters. The van der Waals surface area contributed by atoms with Crippen molar-refractivity contribution < 1.29 is 14.3 Å². The lowest BCUT2D eigenvalue weighted by Gasteiger charge is -2.40. The molecule has 0 saturated carbocycles. The summed E-state index contributed by atoms with van der Waals surface area (Å²) in [6.45, 7) is 12.0. The average molecular weight is 589 g/mol. The van der Waals surface area contributed by atoms with Gasteiger partial charge in [-0.2, -0.15) is 5.26 Å². The number of pyridine rings is 1. The number of carbonyl (C=O) groups excluding carboxylic acids is 1. The van der Waals surface area contributed by atoms with Gasteiger partial charge in [0.25, 0.3) is 0 Å². The van der Waals surface area contributed by atoms with Gasteiger partial charge in [-0.1, -0.05) is 35.9 Å². The Morgan fingerprint density at radius 3 is 2.31 bits per heavy atom. The number of hydrogen-bond acceptors (Lipinski definition) is 8. The van der Waals surface area contributed by atoms with Gasteiger partial charge in [0.15, 0.2) is 0 Å². The molecule has 42 heavy (non-hydrogen) atoms. The molecule has 1 aromatic heterocycles. The Morgan fingerprint density at radius 2 is 1.62 bits per heavy atom. The number of fused-ring (bicyclic) bond motifs is 2. The largest absolute Gasteiger partial charge is 0.444 e. The van der Waals surface area contributed by atoms with E-state index in [0.717, 1.165) is 57.2 Å². The van der Waals surface area contributed by atoms with E-state index in [-0.39, 0.29) is 6.09 Å². The number of nitriles is 1. The van der Waals surface area contributed by atoms with E-state index in [1.807, 2.05) is 32.9 Å². The SMILES string of the molecule is CC(C)(C)OC(=O)N1CCN(c2nc(N3CCOCC3)c(C#N)c3c2CCN(c2cccc4cccc(Cl)c24)C3)CC1. The molecule has 0 radical (unpaired) electrons. The number of morpholine rings is 1. The number of ether oxygens (including phenoxy) is 2. The lowest BCUT2D eigenvalue weighted by atomic mass is 9.94. The van der Waals surface area contributed by atoms with Crippen LogP contribution in [0.2, 0.25) is 5.02 Å². The number of anilines is 3. The third-order valence-corrected chi connectivity index (χ3v) is 8.49. The van der Waals surface area contributed by atoms with E-state index in [1.165, 1.54) is 0 Å². The second-order valence-corrected chi connectivity index (χ2v) is 12.5. The smallest absolute Gasteiger partial charge is 0.410 e. The van der Waals surface area contributed by atoms with Crippen LogP contribution in [-0.2, 0) is 22.4 Å². The molecule has 0 unspecified atom stereocenters. The Morgan fingerprint density at radius 1 is 0.929 bits per heavy atom. The Hall–Kier alpha value is -3.74. The zero-order chi connectivity index (χ0) is 29.4. The van der Waals surface area contributed by atoms with Crippen molar-refractivity contribution >= 4 is 45.8 Å². The van der Waals surface area contributed by atoms with Crippen molar-refractivity contribution in [2.24, 2.45) is 0 Å². The second kappa shape index (κ2) is 11.5. The number of hydrogen-bond donors (Lipinski definition) is 0. The number of amides is 1. The number of rotatable bonds is 3. The highest BCUT2D eigenvalue weighted by molar-refractivity contribution is 6.36. The molecule has 0 bridgehead atoms. The Bertz CT molecular complexity index is 1530. The van der Waals surface area contributed by atoms with Crippen molar-refractivity contribution in [1.29, 1.82) is 5.26 Å². The summed E-state index contributed by atoms with van der Waals surface area (Å²) in [6, 6.07) is 14.8. The Labute approximate surface area is 252 Å².